The molecule has 10 nitrogen and oxygen atoms in total. The molecule has 2 fully saturated rings. The van der Waals surface area contributed by atoms with Gasteiger partial charge < -0.3 is 15.7 Å². The van der Waals surface area contributed by atoms with E-state index in [1.807, 2.05) is 0 Å². The minimum Gasteiger partial charge on any atom is -0.508 e. The van der Waals surface area contributed by atoms with E-state index in [4.69, 9.17) is 5.73 Å². The lowest BCUT2D eigenvalue weighted by Crippen LogP contribution is -2.64. The number of sulfonamides is 1. The number of carbonyl (C=O) groups is 3. The molecule has 4 rings (SSSR count). The van der Waals surface area contributed by atoms with Crippen LogP contribution in [0.1, 0.15) is 17.7 Å². The minimum absolute atomic E-state index is 0.00429. The molecule has 0 spiro atoms. The fourth-order valence-corrected chi connectivity index (χ4v) is 6.31. The average Bonchev–Trinajstić information content (AvgIpc) is 3.30. The molecule has 33 heavy (non-hydrogen) atoms. The first kappa shape index (κ1) is 22.9. The van der Waals surface area contributed by atoms with E-state index in [0.717, 1.165) is 9.21 Å². The number of aromatic nitrogens is 1. The Bertz CT molecular complexity index is 1200. The van der Waals surface area contributed by atoms with Crippen molar-refractivity contribution in [3.8, 4) is 5.75 Å². The van der Waals surface area contributed by atoms with Crippen LogP contribution < -0.4 is 5.73 Å². The van der Waals surface area contributed by atoms with E-state index in [2.05, 4.69) is 4.98 Å². The SMILES string of the molecule is NC(=O)C12C(=O)CN(S(=O)(=O)Cc3ccccn3)C1CCN2C(=O)[CH]Cc1cccc(O)c1. The van der Waals surface area contributed by atoms with Gasteiger partial charge in [-0.1, -0.05) is 18.2 Å². The Morgan fingerprint density at radius 3 is 2.70 bits per heavy atom. The lowest BCUT2D eigenvalue weighted by atomic mass is 9.89. The maximum atomic E-state index is 13.1. The van der Waals surface area contributed by atoms with Crippen molar-refractivity contribution in [2.24, 2.45) is 5.73 Å². The van der Waals surface area contributed by atoms with Gasteiger partial charge in [-0.2, -0.15) is 4.31 Å². The summed E-state index contributed by atoms with van der Waals surface area (Å²) in [5.41, 5.74) is 4.55. The van der Waals surface area contributed by atoms with Gasteiger partial charge in [0.15, 0.2) is 11.3 Å². The number of aromatic hydroxyl groups is 1. The predicted molar refractivity (Wildman–Crippen MR) is 117 cm³/mol. The van der Waals surface area contributed by atoms with Crippen molar-refractivity contribution < 1.29 is 27.9 Å². The quantitative estimate of drug-likeness (QED) is 0.530. The van der Waals surface area contributed by atoms with Gasteiger partial charge in [0.05, 0.1) is 24.7 Å². The van der Waals surface area contributed by atoms with Gasteiger partial charge in [0.1, 0.15) is 11.5 Å². The van der Waals surface area contributed by atoms with Crippen LogP contribution in [0.3, 0.4) is 0 Å². The van der Waals surface area contributed by atoms with Crippen LogP contribution in [0.25, 0.3) is 0 Å². The Morgan fingerprint density at radius 2 is 2.03 bits per heavy atom. The van der Waals surface area contributed by atoms with Crippen molar-refractivity contribution in [2.45, 2.75) is 30.2 Å². The molecule has 2 aromatic rings. The van der Waals surface area contributed by atoms with Crippen molar-refractivity contribution in [1.29, 1.82) is 0 Å². The Labute approximate surface area is 191 Å². The van der Waals surface area contributed by atoms with Gasteiger partial charge in [-0.15, -0.1) is 0 Å². The van der Waals surface area contributed by atoms with Gasteiger partial charge in [0.2, 0.25) is 15.9 Å². The van der Waals surface area contributed by atoms with Crippen molar-refractivity contribution in [3.63, 3.8) is 0 Å². The van der Waals surface area contributed by atoms with Crippen LogP contribution >= 0.6 is 0 Å². The summed E-state index contributed by atoms with van der Waals surface area (Å²) in [7, 11) is -4.01. The number of pyridine rings is 1. The molecule has 0 bridgehead atoms. The highest BCUT2D eigenvalue weighted by atomic mass is 32.2. The molecule has 3 N–H and O–H groups in total. The third kappa shape index (κ3) is 3.98. The van der Waals surface area contributed by atoms with Gasteiger partial charge in [0, 0.05) is 12.7 Å². The molecule has 2 amide bonds. The van der Waals surface area contributed by atoms with Crippen LogP contribution in [0.4, 0.5) is 0 Å². The third-order valence-electron chi connectivity index (χ3n) is 6.08. The number of hydrogen-bond acceptors (Lipinski definition) is 7. The number of fused-ring (bicyclic) bond motifs is 1. The molecule has 1 aromatic heterocycles. The lowest BCUT2D eigenvalue weighted by Gasteiger charge is -2.34. The highest BCUT2D eigenvalue weighted by Crippen LogP contribution is 2.41. The molecule has 2 saturated heterocycles. The number of phenols is 1. The van der Waals surface area contributed by atoms with E-state index in [1.54, 1.807) is 30.3 Å². The van der Waals surface area contributed by atoms with Gasteiger partial charge in [0.25, 0.3) is 5.91 Å². The number of benzene rings is 1. The van der Waals surface area contributed by atoms with Crippen molar-refractivity contribution in [1.82, 2.24) is 14.2 Å². The van der Waals surface area contributed by atoms with E-state index >= 15 is 0 Å². The van der Waals surface area contributed by atoms with Crippen molar-refractivity contribution in [2.75, 3.05) is 13.1 Å². The summed E-state index contributed by atoms with van der Waals surface area (Å²) in [6.45, 7) is -0.538. The number of hydrogen-bond donors (Lipinski definition) is 2. The van der Waals surface area contributed by atoms with Gasteiger partial charge in [-0.05, 0) is 42.7 Å². The summed E-state index contributed by atoms with van der Waals surface area (Å²) in [6.07, 6.45) is 3.01. The number of Topliss-reactive ketones (excluding diaryl/α,β-unsaturated/α-hetero) is 1. The lowest BCUT2D eigenvalue weighted by molar-refractivity contribution is -0.147. The highest BCUT2D eigenvalue weighted by Gasteiger charge is 2.68. The monoisotopic (exact) mass is 471 g/mol. The Hall–Kier alpha value is -3.31. The predicted octanol–water partition coefficient (Wildman–Crippen LogP) is -0.226. The Kier molecular flexibility index (Phi) is 5.93. The minimum atomic E-state index is -4.01. The van der Waals surface area contributed by atoms with Crippen LogP contribution in [-0.4, -0.2) is 70.0 Å². The number of nitrogens with zero attached hydrogens (tertiary/aromatic N) is 3. The van der Waals surface area contributed by atoms with Crippen LogP contribution in [0, 0.1) is 6.42 Å². The maximum Gasteiger partial charge on any atom is 0.252 e. The van der Waals surface area contributed by atoms with Crippen molar-refractivity contribution >= 4 is 27.6 Å². The second kappa shape index (κ2) is 8.56. The molecule has 173 valence electrons. The molecule has 2 atom stereocenters. The first-order valence-electron chi connectivity index (χ1n) is 10.3. The number of amides is 2. The molecule has 2 aliphatic rings. The van der Waals surface area contributed by atoms with Crippen LogP contribution in [-0.2, 0) is 36.6 Å². The van der Waals surface area contributed by atoms with Gasteiger partial charge in [-0.25, -0.2) is 8.42 Å². The summed E-state index contributed by atoms with van der Waals surface area (Å²) in [6, 6.07) is 10.1. The topological polar surface area (TPSA) is 151 Å². The normalized spacial score (nSPS) is 23.0. The van der Waals surface area contributed by atoms with Crippen LogP contribution in [0.2, 0.25) is 0 Å². The van der Waals surface area contributed by atoms with E-state index < -0.39 is 51.5 Å². The van der Waals surface area contributed by atoms with Crippen LogP contribution in [0.5, 0.6) is 5.75 Å². The number of carbonyl (C=O) groups excluding carboxylic acids is 3. The largest absolute Gasteiger partial charge is 0.508 e. The summed E-state index contributed by atoms with van der Waals surface area (Å²) in [5.74, 6) is -2.77. The van der Waals surface area contributed by atoms with Gasteiger partial charge in [-0.3, -0.25) is 19.4 Å². The third-order valence-corrected chi connectivity index (χ3v) is 7.84. The Morgan fingerprint density at radius 1 is 1.24 bits per heavy atom. The first-order valence-corrected chi connectivity index (χ1v) is 11.9. The fourth-order valence-electron chi connectivity index (χ4n) is 4.64. The average molecular weight is 472 g/mol. The molecule has 11 heteroatoms. The zero-order valence-electron chi connectivity index (χ0n) is 17.6. The standard InChI is InChI=1S/C22H23N4O6S/c23-21(30)22-18(9-11-25(22)20(29)8-7-15-4-3-6-17(27)12-15)26(13-19(22)28)33(31,32)14-16-5-1-2-10-24-16/h1-6,8,10,12,18,27H,7,9,11,13-14H2,(H2,23,30). The number of nitrogens with two attached hydrogens (primary N) is 1. The summed E-state index contributed by atoms with van der Waals surface area (Å²) in [4.78, 5) is 43.8. The zero-order valence-corrected chi connectivity index (χ0v) is 18.4. The van der Waals surface area contributed by atoms with E-state index in [9.17, 15) is 27.9 Å². The van der Waals surface area contributed by atoms with E-state index in [-0.39, 0.29) is 25.1 Å². The number of phenolic OH excluding ortho intramolecular Hbond substituents is 1. The second-order valence-corrected chi connectivity index (χ2v) is 9.97. The molecular formula is C22H23N4O6S. The van der Waals surface area contributed by atoms with Crippen LogP contribution in [0.15, 0.2) is 48.7 Å². The van der Waals surface area contributed by atoms with Gasteiger partial charge >= 0.3 is 0 Å². The second-order valence-electron chi connectivity index (χ2n) is 8.05. The molecule has 1 radical (unpaired) electrons. The summed E-state index contributed by atoms with van der Waals surface area (Å²) in [5, 5.41) is 9.59. The number of rotatable bonds is 7. The molecule has 1 aromatic carbocycles. The van der Waals surface area contributed by atoms with E-state index in [1.165, 1.54) is 24.8 Å². The molecule has 0 aliphatic carbocycles. The maximum absolute atomic E-state index is 13.1. The summed E-state index contributed by atoms with van der Waals surface area (Å²) >= 11 is 0. The fraction of sp³-hybridized carbons (Fsp3) is 0.318. The Balaban J connectivity index is 1.58. The molecule has 2 aliphatic heterocycles. The number of likely N-dealkylation sites (tertiary alicyclic amines) is 1. The number of ketones is 1. The molecule has 3 heterocycles. The highest BCUT2D eigenvalue weighted by molar-refractivity contribution is 7.88. The van der Waals surface area contributed by atoms with E-state index in [0.29, 0.717) is 11.3 Å². The molecular weight excluding hydrogens is 448 g/mol. The molecule has 2 unspecified atom stereocenters. The smallest absolute Gasteiger partial charge is 0.252 e. The zero-order chi connectivity index (χ0) is 23.8. The number of primary amides is 1. The van der Waals surface area contributed by atoms with Crippen molar-refractivity contribution in [3.05, 3.63) is 66.3 Å². The summed E-state index contributed by atoms with van der Waals surface area (Å²) < 4.78 is 27.2. The first-order chi connectivity index (χ1) is 15.7. The molecule has 0 saturated carbocycles.